The Hall–Kier alpha value is -2.18. The van der Waals surface area contributed by atoms with Gasteiger partial charge >= 0.3 is 6.18 Å². The number of pyridine rings is 1. The molecule has 1 atom stereocenters. The van der Waals surface area contributed by atoms with Crippen LogP contribution in [0.15, 0.2) is 22.4 Å². The Morgan fingerprint density at radius 3 is 2.71 bits per heavy atom. The third-order valence-electron chi connectivity index (χ3n) is 3.03. The Labute approximate surface area is 142 Å². The van der Waals surface area contributed by atoms with Crippen LogP contribution in [-0.4, -0.2) is 15.3 Å². The molecule has 0 saturated carbocycles. The van der Waals surface area contributed by atoms with Crippen LogP contribution < -0.4 is 5.56 Å². The molecule has 0 amide bonds. The first kappa shape index (κ1) is 18.2. The average Bonchev–Trinajstić information content (AvgIpc) is 2.89. The Morgan fingerprint density at radius 2 is 2.21 bits per heavy atom. The number of Topliss-reactive ketones (excluding diaryl/α,β-unsaturated/α-hetero) is 1. The van der Waals surface area contributed by atoms with E-state index in [4.69, 9.17) is 16.9 Å². The first-order chi connectivity index (χ1) is 11.1. The van der Waals surface area contributed by atoms with E-state index in [1.165, 1.54) is 0 Å². The number of thiazole rings is 1. The van der Waals surface area contributed by atoms with E-state index in [1.54, 1.807) is 18.4 Å². The first-order valence-electron chi connectivity index (χ1n) is 6.45. The van der Waals surface area contributed by atoms with Gasteiger partial charge in [-0.05, 0) is 13.0 Å². The number of rotatable bonds is 4. The molecule has 2 aromatic rings. The number of carbonyl (C=O) groups is 1. The van der Waals surface area contributed by atoms with E-state index in [0.717, 1.165) is 11.3 Å². The summed E-state index contributed by atoms with van der Waals surface area (Å²) in [4.78, 5) is 28.1. The Kier molecular flexibility index (Phi) is 5.11. The number of alkyl halides is 3. The second-order valence-corrected chi connectivity index (χ2v) is 6.16. The van der Waals surface area contributed by atoms with Crippen molar-refractivity contribution in [1.29, 1.82) is 5.26 Å². The number of hydrogen-bond acceptors (Lipinski definition) is 5. The molecule has 0 bridgehead atoms. The monoisotopic (exact) mass is 375 g/mol. The number of nitriles is 1. The molecule has 0 aliphatic carbocycles. The Bertz CT molecular complexity index is 883. The van der Waals surface area contributed by atoms with Gasteiger partial charge in [-0.15, -0.1) is 11.3 Å². The van der Waals surface area contributed by atoms with Gasteiger partial charge in [-0.3, -0.25) is 9.59 Å². The zero-order valence-electron chi connectivity index (χ0n) is 12.1. The summed E-state index contributed by atoms with van der Waals surface area (Å²) in [7, 11) is 0. The zero-order valence-corrected chi connectivity index (χ0v) is 13.7. The summed E-state index contributed by atoms with van der Waals surface area (Å²) in [5.41, 5.74) is -1.48. The number of halogens is 4. The van der Waals surface area contributed by atoms with Crippen molar-refractivity contribution in [3.63, 3.8) is 0 Å². The van der Waals surface area contributed by atoms with E-state index in [-0.39, 0.29) is 5.01 Å². The van der Waals surface area contributed by atoms with Gasteiger partial charge in [0.1, 0.15) is 10.0 Å². The molecule has 2 rings (SSSR count). The molecule has 0 radical (unpaired) electrons. The molecule has 0 aliphatic heterocycles. The van der Waals surface area contributed by atoms with Crippen molar-refractivity contribution in [2.75, 3.05) is 0 Å². The average molecular weight is 376 g/mol. The van der Waals surface area contributed by atoms with Crippen LogP contribution in [0.4, 0.5) is 13.2 Å². The van der Waals surface area contributed by atoms with Gasteiger partial charge in [0.2, 0.25) is 0 Å². The highest BCUT2D eigenvalue weighted by Crippen LogP contribution is 2.30. The molecule has 0 N–H and O–H groups in total. The number of nitrogens with zero attached hydrogens (tertiary/aromatic N) is 3. The minimum atomic E-state index is -4.72. The van der Waals surface area contributed by atoms with E-state index in [2.05, 4.69) is 4.98 Å². The molecular weight excluding hydrogens is 367 g/mol. The molecule has 126 valence electrons. The fourth-order valence-corrected chi connectivity index (χ4v) is 2.99. The van der Waals surface area contributed by atoms with Crippen molar-refractivity contribution in [2.45, 2.75) is 25.6 Å². The largest absolute Gasteiger partial charge is 0.417 e. The fraction of sp³-hybridized carbons (Fsp3) is 0.286. The van der Waals surface area contributed by atoms with Crippen LogP contribution in [0.5, 0.6) is 0 Å². The van der Waals surface area contributed by atoms with Gasteiger partial charge in [-0.1, -0.05) is 11.6 Å². The normalized spacial score (nSPS) is 12.7. The second kappa shape index (κ2) is 6.75. The summed E-state index contributed by atoms with van der Waals surface area (Å²) in [5, 5.41) is 10.4. The van der Waals surface area contributed by atoms with Crippen LogP contribution in [0.1, 0.15) is 22.2 Å². The third kappa shape index (κ3) is 3.83. The van der Waals surface area contributed by atoms with Crippen molar-refractivity contribution in [2.24, 2.45) is 0 Å². The molecule has 0 saturated heterocycles. The summed E-state index contributed by atoms with van der Waals surface area (Å²) in [6.45, 7) is 0.968. The smallest absolute Gasteiger partial charge is 0.306 e. The Morgan fingerprint density at radius 1 is 1.54 bits per heavy atom. The van der Waals surface area contributed by atoms with Gasteiger partial charge in [-0.2, -0.15) is 18.4 Å². The SMILES string of the molecule is Cc1csc([C@H](C#N)C(=O)Cn2cc(C(F)(F)F)cc(Cl)c2=O)n1. The predicted octanol–water partition coefficient (Wildman–Crippen LogP) is 3.16. The summed E-state index contributed by atoms with van der Waals surface area (Å²) in [6, 6.07) is 2.26. The van der Waals surface area contributed by atoms with Crippen LogP contribution in [0.3, 0.4) is 0 Å². The van der Waals surface area contributed by atoms with E-state index < -0.39 is 40.6 Å². The molecule has 2 aromatic heterocycles. The molecular formula is C14H9ClF3N3O2S. The summed E-state index contributed by atoms with van der Waals surface area (Å²) < 4.78 is 38.9. The molecule has 2 heterocycles. The summed E-state index contributed by atoms with van der Waals surface area (Å²) in [6.07, 6.45) is -4.21. The topological polar surface area (TPSA) is 75.8 Å². The first-order valence-corrected chi connectivity index (χ1v) is 7.70. The van der Waals surface area contributed by atoms with Crippen molar-refractivity contribution >= 4 is 28.7 Å². The Balaban J connectivity index is 2.36. The third-order valence-corrected chi connectivity index (χ3v) is 4.33. The molecule has 0 aromatic carbocycles. The van der Waals surface area contributed by atoms with Crippen LogP contribution in [0.2, 0.25) is 5.02 Å². The maximum absolute atomic E-state index is 12.8. The lowest BCUT2D eigenvalue weighted by molar-refractivity contribution is -0.138. The quantitative estimate of drug-likeness (QED) is 0.822. The van der Waals surface area contributed by atoms with E-state index >= 15 is 0 Å². The predicted molar refractivity (Wildman–Crippen MR) is 80.9 cm³/mol. The number of carbonyl (C=O) groups excluding carboxylic acids is 1. The molecule has 24 heavy (non-hydrogen) atoms. The lowest BCUT2D eigenvalue weighted by Gasteiger charge is -2.12. The highest BCUT2D eigenvalue weighted by molar-refractivity contribution is 7.09. The van der Waals surface area contributed by atoms with Crippen LogP contribution in [0.25, 0.3) is 0 Å². The molecule has 10 heteroatoms. The van der Waals surface area contributed by atoms with Gasteiger partial charge in [0.15, 0.2) is 11.7 Å². The molecule has 0 unspecified atom stereocenters. The zero-order chi connectivity index (χ0) is 18.1. The van der Waals surface area contributed by atoms with Gasteiger partial charge < -0.3 is 4.57 Å². The van der Waals surface area contributed by atoms with Crippen molar-refractivity contribution in [1.82, 2.24) is 9.55 Å². The minimum absolute atomic E-state index is 0.228. The molecule has 0 spiro atoms. The maximum Gasteiger partial charge on any atom is 0.417 e. The van der Waals surface area contributed by atoms with Gasteiger partial charge in [0.25, 0.3) is 5.56 Å². The van der Waals surface area contributed by atoms with E-state index in [1.807, 2.05) is 0 Å². The van der Waals surface area contributed by atoms with Crippen LogP contribution in [0, 0.1) is 18.3 Å². The van der Waals surface area contributed by atoms with Crippen LogP contribution in [-0.2, 0) is 17.5 Å². The minimum Gasteiger partial charge on any atom is -0.306 e. The van der Waals surface area contributed by atoms with E-state index in [9.17, 15) is 22.8 Å². The lowest BCUT2D eigenvalue weighted by atomic mass is 10.1. The molecule has 0 aliphatic rings. The van der Waals surface area contributed by atoms with Gasteiger partial charge in [-0.25, -0.2) is 4.98 Å². The molecule has 5 nitrogen and oxygen atoms in total. The second-order valence-electron chi connectivity index (χ2n) is 4.86. The van der Waals surface area contributed by atoms with Gasteiger partial charge in [0, 0.05) is 17.3 Å². The van der Waals surface area contributed by atoms with E-state index in [0.29, 0.717) is 22.5 Å². The van der Waals surface area contributed by atoms with Gasteiger partial charge in [0.05, 0.1) is 18.2 Å². The number of aromatic nitrogens is 2. The van der Waals surface area contributed by atoms with Crippen molar-refractivity contribution in [3.8, 4) is 6.07 Å². The summed E-state index contributed by atoms with van der Waals surface area (Å²) in [5.74, 6) is -2.01. The van der Waals surface area contributed by atoms with Crippen molar-refractivity contribution < 1.29 is 18.0 Å². The number of hydrogen-bond donors (Lipinski definition) is 0. The highest BCUT2D eigenvalue weighted by Gasteiger charge is 2.32. The molecule has 0 fully saturated rings. The maximum atomic E-state index is 12.8. The highest BCUT2D eigenvalue weighted by atomic mass is 35.5. The van der Waals surface area contributed by atoms with Crippen molar-refractivity contribution in [3.05, 3.63) is 49.3 Å². The number of ketones is 1. The lowest BCUT2D eigenvalue weighted by Crippen LogP contribution is -2.28. The number of aryl methyl sites for hydroxylation is 1. The standard InChI is InChI=1S/C14H9ClF3N3O2S/c1-7-6-24-12(20-7)9(3-19)11(22)5-21-4-8(14(16,17)18)2-10(15)13(21)23/h2,4,6,9H,5H2,1H3/t9-/m1/s1. The fourth-order valence-electron chi connectivity index (χ4n) is 1.90. The summed E-state index contributed by atoms with van der Waals surface area (Å²) >= 11 is 6.61. The van der Waals surface area contributed by atoms with Crippen LogP contribution >= 0.6 is 22.9 Å².